The molecule has 3 aromatic rings. The molecule has 2 saturated heterocycles. The number of rotatable bonds is 9. The molecule has 1 N–H and O–H groups in total. The fourth-order valence-electron chi connectivity index (χ4n) is 5.52. The molecule has 4 atom stereocenters. The van der Waals surface area contributed by atoms with E-state index >= 15 is 0 Å². The highest BCUT2D eigenvalue weighted by Crippen LogP contribution is 2.43. The molecule has 5 rings (SSSR count). The van der Waals surface area contributed by atoms with Crippen LogP contribution in [-0.4, -0.2) is 48.4 Å². The van der Waals surface area contributed by atoms with Gasteiger partial charge in [0.15, 0.2) is 11.9 Å². The van der Waals surface area contributed by atoms with Crippen molar-refractivity contribution in [2.75, 3.05) is 6.54 Å². The molecule has 2 aliphatic rings. The molecule has 0 radical (unpaired) electrons. The van der Waals surface area contributed by atoms with Gasteiger partial charge in [0.25, 0.3) is 0 Å². The summed E-state index contributed by atoms with van der Waals surface area (Å²) in [5, 5.41) is 2.82. The number of amides is 1. The van der Waals surface area contributed by atoms with Gasteiger partial charge in [0.05, 0.1) is 12.2 Å². The van der Waals surface area contributed by atoms with Crippen LogP contribution in [0.3, 0.4) is 0 Å². The Morgan fingerprint density at radius 1 is 0.927 bits per heavy atom. The topological polar surface area (TPSA) is 75.3 Å². The lowest BCUT2D eigenvalue weighted by molar-refractivity contribution is -0.289. The Morgan fingerprint density at radius 2 is 1.68 bits per heavy atom. The van der Waals surface area contributed by atoms with Crippen molar-refractivity contribution in [3.05, 3.63) is 89.7 Å². The van der Waals surface area contributed by atoms with Crippen LogP contribution in [0.15, 0.2) is 72.8 Å². The van der Waals surface area contributed by atoms with Gasteiger partial charge >= 0.3 is 0 Å². The lowest BCUT2D eigenvalue weighted by Gasteiger charge is -2.46. The Bertz CT molecular complexity index is 1360. The maximum atomic E-state index is 14.2. The standard InChI is InChI=1S/C33H38FNO6/c1-21(36)35-17-16-23-14-15-26(19-27(23)24-12-9-13-25(34)18-24)38-31-29-28(39-33(4,5)40-29)30(32(2,3)41-31)37-20-22-10-7-6-8-11-22/h6-15,18-19,28-31H,16-17,20H2,1-5H3,(H,35,36)/t28-,29+,30+,31+/m0/s1. The molecule has 0 saturated carbocycles. The van der Waals surface area contributed by atoms with Crippen molar-refractivity contribution in [1.29, 1.82) is 0 Å². The second-order valence-corrected chi connectivity index (χ2v) is 11.6. The largest absolute Gasteiger partial charge is 0.462 e. The van der Waals surface area contributed by atoms with E-state index in [1.54, 1.807) is 6.07 Å². The van der Waals surface area contributed by atoms with E-state index in [1.807, 2.05) is 82.3 Å². The minimum atomic E-state index is -0.852. The first kappa shape index (κ1) is 29.2. The Hall–Kier alpha value is -3.30. The summed E-state index contributed by atoms with van der Waals surface area (Å²) in [4.78, 5) is 11.4. The normalized spacial score (nSPS) is 24.4. The fourth-order valence-corrected chi connectivity index (χ4v) is 5.52. The lowest BCUT2D eigenvalue weighted by Crippen LogP contribution is -2.63. The average molecular weight is 564 g/mol. The molecule has 2 aliphatic heterocycles. The van der Waals surface area contributed by atoms with Crippen molar-refractivity contribution in [3.63, 3.8) is 0 Å². The SMILES string of the molecule is CC(=O)NCCc1ccc(O[C@@H]2OC(C)(C)[C@H](OCc3ccccc3)[C@H]3OC(C)(C)O[C@@H]23)cc1-c1cccc(F)c1. The van der Waals surface area contributed by atoms with Crippen LogP contribution in [-0.2, 0) is 36.8 Å². The first-order chi connectivity index (χ1) is 19.5. The van der Waals surface area contributed by atoms with Crippen LogP contribution in [0, 0.1) is 5.82 Å². The van der Waals surface area contributed by atoms with Crippen LogP contribution in [0.25, 0.3) is 11.1 Å². The summed E-state index contributed by atoms with van der Waals surface area (Å²) < 4.78 is 46.2. The van der Waals surface area contributed by atoms with Gasteiger partial charge in [-0.05, 0) is 80.6 Å². The summed E-state index contributed by atoms with van der Waals surface area (Å²) in [6.45, 7) is 10.0. The van der Waals surface area contributed by atoms with Crippen molar-refractivity contribution in [1.82, 2.24) is 5.32 Å². The van der Waals surface area contributed by atoms with Gasteiger partial charge in [-0.15, -0.1) is 0 Å². The molecule has 0 aromatic heterocycles. The van der Waals surface area contributed by atoms with Gasteiger partial charge in [-0.25, -0.2) is 4.39 Å². The highest BCUT2D eigenvalue weighted by atomic mass is 19.1. The first-order valence-corrected chi connectivity index (χ1v) is 14.0. The van der Waals surface area contributed by atoms with Crippen molar-refractivity contribution in [3.8, 4) is 16.9 Å². The molecule has 0 unspecified atom stereocenters. The van der Waals surface area contributed by atoms with Gasteiger partial charge in [0, 0.05) is 13.5 Å². The monoisotopic (exact) mass is 563 g/mol. The van der Waals surface area contributed by atoms with Gasteiger partial charge in [0.1, 0.15) is 23.8 Å². The van der Waals surface area contributed by atoms with Crippen LogP contribution >= 0.6 is 0 Å². The van der Waals surface area contributed by atoms with E-state index in [0.717, 1.165) is 16.7 Å². The zero-order valence-electron chi connectivity index (χ0n) is 24.2. The third kappa shape index (κ3) is 6.96. The van der Waals surface area contributed by atoms with Crippen molar-refractivity contribution in [2.24, 2.45) is 0 Å². The minimum absolute atomic E-state index is 0.100. The van der Waals surface area contributed by atoms with Crippen molar-refractivity contribution >= 4 is 5.91 Å². The average Bonchev–Trinajstić information content (AvgIpc) is 3.24. The number of hydrogen-bond donors (Lipinski definition) is 1. The van der Waals surface area contributed by atoms with Crippen molar-refractivity contribution < 1.29 is 32.9 Å². The minimum Gasteiger partial charge on any atom is -0.462 e. The predicted molar refractivity (Wildman–Crippen MR) is 153 cm³/mol. The third-order valence-corrected chi connectivity index (χ3v) is 7.35. The van der Waals surface area contributed by atoms with Gasteiger partial charge in [-0.1, -0.05) is 48.5 Å². The maximum Gasteiger partial charge on any atom is 0.229 e. The summed E-state index contributed by atoms with van der Waals surface area (Å²) in [6, 6.07) is 22.1. The molecular formula is C33H38FNO6. The van der Waals surface area contributed by atoms with E-state index < -0.39 is 36.0 Å². The van der Waals surface area contributed by atoms with E-state index in [9.17, 15) is 9.18 Å². The summed E-state index contributed by atoms with van der Waals surface area (Å²) in [5.74, 6) is -0.738. The van der Waals surface area contributed by atoms with Crippen LogP contribution in [0.2, 0.25) is 0 Å². The molecular weight excluding hydrogens is 525 g/mol. The van der Waals surface area contributed by atoms with Gasteiger partial charge in [0.2, 0.25) is 12.2 Å². The molecule has 1 amide bonds. The Balaban J connectivity index is 1.40. The van der Waals surface area contributed by atoms with Crippen LogP contribution in [0.4, 0.5) is 4.39 Å². The summed E-state index contributed by atoms with van der Waals surface area (Å²) >= 11 is 0. The maximum absolute atomic E-state index is 14.2. The molecule has 2 heterocycles. The number of carbonyl (C=O) groups is 1. The summed E-state index contributed by atoms with van der Waals surface area (Å²) in [7, 11) is 0. The van der Waals surface area contributed by atoms with Gasteiger partial charge in [-0.3, -0.25) is 4.79 Å². The molecule has 8 heteroatoms. The molecule has 0 bridgehead atoms. The zero-order valence-corrected chi connectivity index (χ0v) is 24.2. The number of fused-ring (bicyclic) bond motifs is 1. The number of ether oxygens (including phenoxy) is 5. The summed E-state index contributed by atoms with van der Waals surface area (Å²) in [6.07, 6.45) is -1.58. The van der Waals surface area contributed by atoms with Crippen LogP contribution < -0.4 is 10.1 Å². The predicted octanol–water partition coefficient (Wildman–Crippen LogP) is 5.79. The van der Waals surface area contributed by atoms with E-state index in [4.69, 9.17) is 23.7 Å². The molecule has 3 aromatic carbocycles. The number of halogens is 1. The van der Waals surface area contributed by atoms with E-state index in [-0.39, 0.29) is 11.7 Å². The van der Waals surface area contributed by atoms with Gasteiger partial charge in [-0.2, -0.15) is 0 Å². The summed E-state index contributed by atoms with van der Waals surface area (Å²) in [5.41, 5.74) is 2.78. The molecule has 218 valence electrons. The highest BCUT2D eigenvalue weighted by Gasteiger charge is 2.59. The molecule has 2 fully saturated rings. The van der Waals surface area contributed by atoms with E-state index in [2.05, 4.69) is 5.32 Å². The smallest absolute Gasteiger partial charge is 0.229 e. The van der Waals surface area contributed by atoms with Crippen molar-refractivity contribution in [2.45, 2.75) is 83.6 Å². The molecule has 41 heavy (non-hydrogen) atoms. The van der Waals surface area contributed by atoms with Gasteiger partial charge < -0.3 is 29.0 Å². The fraction of sp³-hybridized carbons (Fsp3) is 0.424. The highest BCUT2D eigenvalue weighted by molar-refractivity contribution is 5.73. The number of hydrogen-bond acceptors (Lipinski definition) is 6. The van der Waals surface area contributed by atoms with E-state index in [0.29, 0.717) is 30.9 Å². The second-order valence-electron chi connectivity index (χ2n) is 11.6. The quantitative estimate of drug-likeness (QED) is 0.355. The number of carbonyl (C=O) groups excluding carboxylic acids is 1. The zero-order chi connectivity index (χ0) is 29.2. The number of benzene rings is 3. The first-order valence-electron chi connectivity index (χ1n) is 14.0. The van der Waals surface area contributed by atoms with E-state index in [1.165, 1.54) is 19.1 Å². The molecule has 7 nitrogen and oxygen atoms in total. The lowest BCUT2D eigenvalue weighted by atomic mass is 9.89. The second kappa shape index (κ2) is 11.9. The Kier molecular flexibility index (Phi) is 8.47. The molecule has 0 aliphatic carbocycles. The van der Waals surface area contributed by atoms with Crippen LogP contribution in [0.1, 0.15) is 45.7 Å². The Morgan fingerprint density at radius 3 is 2.41 bits per heavy atom. The Labute approximate surface area is 240 Å². The number of nitrogens with one attached hydrogen (secondary N) is 1. The molecule has 0 spiro atoms. The third-order valence-electron chi connectivity index (χ3n) is 7.35. The van der Waals surface area contributed by atoms with Crippen LogP contribution in [0.5, 0.6) is 5.75 Å².